The Morgan fingerprint density at radius 2 is 2.05 bits per heavy atom. The van der Waals surface area contributed by atoms with Gasteiger partial charge in [-0.15, -0.1) is 0 Å². The van der Waals surface area contributed by atoms with Crippen molar-refractivity contribution in [3.8, 4) is 0 Å². The van der Waals surface area contributed by atoms with Gasteiger partial charge in [0.05, 0.1) is 16.7 Å². The Hall–Kier alpha value is -1.94. The lowest BCUT2D eigenvalue weighted by molar-refractivity contribution is -0.386. The molecule has 1 aliphatic rings. The van der Waals surface area contributed by atoms with Crippen LogP contribution in [0.3, 0.4) is 0 Å². The molecule has 1 aromatic carbocycles. The van der Waals surface area contributed by atoms with E-state index in [1.807, 2.05) is 0 Å². The van der Waals surface area contributed by atoms with Gasteiger partial charge < -0.3 is 5.32 Å². The molecule has 0 aliphatic carbocycles. The zero-order valence-corrected chi connectivity index (χ0v) is 12.5. The number of hydrogen-bond acceptors (Lipinski definition) is 7. The van der Waals surface area contributed by atoms with Gasteiger partial charge in [-0.2, -0.15) is 0 Å². The van der Waals surface area contributed by atoms with Crippen molar-refractivity contribution in [2.24, 2.45) is 0 Å². The average Bonchev–Trinajstić information content (AvgIpc) is 2.67. The van der Waals surface area contributed by atoms with Crippen LogP contribution in [0, 0.1) is 10.1 Å². The van der Waals surface area contributed by atoms with Crippen molar-refractivity contribution >= 4 is 31.0 Å². The summed E-state index contributed by atoms with van der Waals surface area (Å²) in [5.74, 6) is -0.229. The maximum absolute atomic E-state index is 11.6. The highest BCUT2D eigenvalue weighted by atomic mass is 32.2. The molecule has 21 heavy (non-hydrogen) atoms. The molecular weight excluding hydrogens is 320 g/mol. The number of nitrogens with zero attached hydrogens (tertiary/aromatic N) is 1. The maximum Gasteiger partial charge on any atom is 0.310 e. The van der Waals surface area contributed by atoms with Crippen LogP contribution in [0.25, 0.3) is 0 Å². The summed E-state index contributed by atoms with van der Waals surface area (Å²) in [5, 5.41) is 14.9. The molecule has 0 saturated carbocycles. The van der Waals surface area contributed by atoms with Crippen molar-refractivity contribution in [3.63, 3.8) is 0 Å². The van der Waals surface area contributed by atoms with Crippen LogP contribution in [-0.2, 0) is 19.7 Å². The van der Waals surface area contributed by atoms with Gasteiger partial charge in [-0.1, -0.05) is 12.1 Å². The third-order valence-corrected chi connectivity index (χ3v) is 5.38. The highest BCUT2D eigenvalue weighted by Gasteiger charge is 2.29. The first-order chi connectivity index (χ1) is 9.60. The third-order valence-electron chi connectivity index (χ3n) is 2.85. The smallest absolute Gasteiger partial charge is 0.310 e. The van der Waals surface area contributed by atoms with E-state index in [1.54, 1.807) is 0 Å². The van der Waals surface area contributed by atoms with E-state index in [1.165, 1.54) is 18.2 Å². The number of sulfone groups is 2. The minimum absolute atomic E-state index is 0.0327. The summed E-state index contributed by atoms with van der Waals surface area (Å²) in [6, 6.07) is 3.20. The van der Waals surface area contributed by atoms with Crippen LogP contribution in [0.4, 0.5) is 11.4 Å². The van der Waals surface area contributed by atoms with E-state index in [0.29, 0.717) is 0 Å². The Morgan fingerprint density at radius 1 is 1.38 bits per heavy atom. The summed E-state index contributed by atoms with van der Waals surface area (Å²) in [5.41, 5.74) is -0.618. The Labute approximate surface area is 121 Å². The van der Waals surface area contributed by atoms with Gasteiger partial charge in [-0.05, 0) is 12.1 Å². The zero-order valence-electron chi connectivity index (χ0n) is 10.9. The van der Waals surface area contributed by atoms with E-state index in [9.17, 15) is 26.9 Å². The molecule has 0 fully saturated rings. The standard InChI is InChI=1S/C11H12N2O6S2/c1-20(16,17)10-4-2-3-9(11(10)13(14)15)12-8-5-6-21(18,19)7-8/h2-6,8,12H,7H2,1H3. The Balaban J connectivity index is 2.46. The molecule has 0 radical (unpaired) electrons. The number of nitro benzene ring substituents is 1. The fraction of sp³-hybridized carbons (Fsp3) is 0.273. The number of rotatable bonds is 4. The van der Waals surface area contributed by atoms with Crippen molar-refractivity contribution < 1.29 is 21.8 Å². The van der Waals surface area contributed by atoms with E-state index < -0.39 is 41.2 Å². The summed E-state index contributed by atoms with van der Waals surface area (Å²) in [4.78, 5) is 9.94. The van der Waals surface area contributed by atoms with E-state index in [0.717, 1.165) is 17.7 Å². The fourth-order valence-corrected chi connectivity index (χ4v) is 4.09. The van der Waals surface area contributed by atoms with Gasteiger partial charge in [-0.25, -0.2) is 16.8 Å². The van der Waals surface area contributed by atoms with E-state index in [2.05, 4.69) is 5.32 Å². The van der Waals surface area contributed by atoms with Crippen LogP contribution in [0.2, 0.25) is 0 Å². The molecule has 0 bridgehead atoms. The van der Waals surface area contributed by atoms with Gasteiger partial charge in [0.2, 0.25) is 0 Å². The zero-order chi connectivity index (χ0) is 15.8. The van der Waals surface area contributed by atoms with Gasteiger partial charge in [0.1, 0.15) is 10.6 Å². The second-order valence-corrected chi connectivity index (χ2v) is 8.51. The molecule has 8 nitrogen and oxygen atoms in total. The molecule has 114 valence electrons. The molecule has 1 heterocycles. The molecule has 1 aromatic rings. The molecule has 2 rings (SSSR count). The second-order valence-electron chi connectivity index (χ2n) is 4.59. The predicted octanol–water partition coefficient (Wildman–Crippen LogP) is 0.721. The first kappa shape index (κ1) is 15.4. The molecule has 0 saturated heterocycles. The van der Waals surface area contributed by atoms with E-state index in [-0.39, 0.29) is 11.4 Å². The number of para-hydroxylation sites is 1. The molecular formula is C11H12N2O6S2. The van der Waals surface area contributed by atoms with Gasteiger partial charge in [0.25, 0.3) is 0 Å². The lowest BCUT2D eigenvalue weighted by Gasteiger charge is -2.13. The molecule has 1 unspecified atom stereocenters. The summed E-state index contributed by atoms with van der Waals surface area (Å²) < 4.78 is 45.9. The van der Waals surface area contributed by atoms with Crippen molar-refractivity contribution in [2.75, 3.05) is 17.3 Å². The van der Waals surface area contributed by atoms with Crippen LogP contribution in [-0.4, -0.2) is 39.8 Å². The number of anilines is 1. The number of benzene rings is 1. The highest BCUT2D eigenvalue weighted by Crippen LogP contribution is 2.33. The van der Waals surface area contributed by atoms with Crippen LogP contribution in [0.1, 0.15) is 0 Å². The lowest BCUT2D eigenvalue weighted by atomic mass is 10.2. The minimum Gasteiger partial charge on any atom is -0.372 e. The first-order valence-electron chi connectivity index (χ1n) is 5.75. The number of hydrogen-bond donors (Lipinski definition) is 1. The van der Waals surface area contributed by atoms with Crippen LogP contribution < -0.4 is 5.32 Å². The largest absolute Gasteiger partial charge is 0.372 e. The molecule has 0 spiro atoms. The average molecular weight is 332 g/mol. The Kier molecular flexibility index (Phi) is 3.76. The van der Waals surface area contributed by atoms with Crippen molar-refractivity contribution in [2.45, 2.75) is 10.9 Å². The topological polar surface area (TPSA) is 123 Å². The molecule has 1 N–H and O–H groups in total. The van der Waals surface area contributed by atoms with Crippen molar-refractivity contribution in [1.29, 1.82) is 0 Å². The summed E-state index contributed by atoms with van der Waals surface area (Å²) in [6.07, 6.45) is 2.24. The maximum atomic E-state index is 11.6. The van der Waals surface area contributed by atoms with Gasteiger partial charge in [0, 0.05) is 11.7 Å². The molecule has 0 amide bonds. The van der Waals surface area contributed by atoms with Gasteiger partial charge in [0.15, 0.2) is 19.7 Å². The molecule has 1 aliphatic heterocycles. The third kappa shape index (κ3) is 3.39. The van der Waals surface area contributed by atoms with Crippen LogP contribution >= 0.6 is 0 Å². The summed E-state index contributed by atoms with van der Waals surface area (Å²) in [6.45, 7) is 0. The van der Waals surface area contributed by atoms with Crippen LogP contribution in [0.5, 0.6) is 0 Å². The summed E-state index contributed by atoms with van der Waals surface area (Å²) >= 11 is 0. The number of nitrogens with one attached hydrogen (secondary N) is 1. The normalized spacial score (nSPS) is 20.3. The fourth-order valence-electron chi connectivity index (χ4n) is 1.99. The van der Waals surface area contributed by atoms with E-state index in [4.69, 9.17) is 0 Å². The van der Waals surface area contributed by atoms with E-state index >= 15 is 0 Å². The lowest BCUT2D eigenvalue weighted by Crippen LogP contribution is -2.22. The van der Waals surface area contributed by atoms with Crippen molar-refractivity contribution in [1.82, 2.24) is 0 Å². The Bertz CT molecular complexity index is 826. The molecule has 1 atom stereocenters. The van der Waals surface area contributed by atoms with Crippen molar-refractivity contribution in [3.05, 3.63) is 39.8 Å². The number of nitro groups is 1. The van der Waals surface area contributed by atoms with Crippen LogP contribution in [0.15, 0.2) is 34.6 Å². The molecule has 10 heteroatoms. The highest BCUT2D eigenvalue weighted by molar-refractivity contribution is 7.94. The minimum atomic E-state index is -3.78. The first-order valence-corrected chi connectivity index (χ1v) is 9.36. The molecule has 0 aromatic heterocycles. The monoisotopic (exact) mass is 332 g/mol. The van der Waals surface area contributed by atoms with Gasteiger partial charge >= 0.3 is 5.69 Å². The Morgan fingerprint density at radius 3 is 2.52 bits per heavy atom. The predicted molar refractivity (Wildman–Crippen MR) is 76.5 cm³/mol. The second kappa shape index (κ2) is 5.11. The SMILES string of the molecule is CS(=O)(=O)c1cccc(NC2C=CS(=O)(=O)C2)c1[N+](=O)[O-]. The quantitative estimate of drug-likeness (QED) is 0.636. The summed E-state index contributed by atoms with van der Waals surface area (Å²) in [7, 11) is -7.09. The van der Waals surface area contributed by atoms with Gasteiger partial charge in [-0.3, -0.25) is 10.1 Å².